The van der Waals surface area contributed by atoms with Gasteiger partial charge in [0.05, 0.1) is 28.8 Å². The topological polar surface area (TPSA) is 81.1 Å². The largest absolute Gasteiger partial charge is 0.481 e. The summed E-state index contributed by atoms with van der Waals surface area (Å²) in [5, 5.41) is 12.5. The molecule has 0 saturated carbocycles. The Balaban J connectivity index is 2.87. The normalized spacial score (nSPS) is 12.8. The summed E-state index contributed by atoms with van der Waals surface area (Å²) in [5.74, 6) is -0.916. The lowest BCUT2D eigenvalue weighted by molar-refractivity contribution is -0.137. The summed E-state index contributed by atoms with van der Waals surface area (Å²) in [5.41, 5.74) is 6.37. The van der Waals surface area contributed by atoms with E-state index in [2.05, 4.69) is 21.0 Å². The number of carboxylic acids is 1. The fourth-order valence-electron chi connectivity index (χ4n) is 1.12. The van der Waals surface area contributed by atoms with E-state index < -0.39 is 12.0 Å². The second kappa shape index (κ2) is 3.89. The Hall–Kier alpha value is -0.880. The van der Waals surface area contributed by atoms with Crippen LogP contribution in [0.5, 0.6) is 0 Å². The summed E-state index contributed by atoms with van der Waals surface area (Å²) in [6, 6.07) is -0.528. The molecule has 1 atom stereocenters. The summed E-state index contributed by atoms with van der Waals surface area (Å²) < 4.78 is 2.31. The van der Waals surface area contributed by atoms with E-state index in [1.807, 2.05) is 0 Å². The molecule has 0 spiro atoms. The van der Waals surface area contributed by atoms with Crippen molar-refractivity contribution in [2.75, 3.05) is 0 Å². The van der Waals surface area contributed by atoms with E-state index in [4.69, 9.17) is 10.8 Å². The first-order valence-electron chi connectivity index (χ1n) is 3.67. The van der Waals surface area contributed by atoms with Crippen LogP contribution in [0.2, 0.25) is 0 Å². The molecule has 0 aliphatic heterocycles. The Morgan fingerprint density at radius 1 is 1.92 bits per heavy atom. The molecule has 0 aromatic carbocycles. The van der Waals surface area contributed by atoms with Gasteiger partial charge in [0.1, 0.15) is 0 Å². The molecule has 5 nitrogen and oxygen atoms in total. The smallest absolute Gasteiger partial charge is 0.305 e. The van der Waals surface area contributed by atoms with Crippen LogP contribution in [0, 0.1) is 0 Å². The minimum Gasteiger partial charge on any atom is -0.481 e. The third-order valence-electron chi connectivity index (χ3n) is 1.68. The molecule has 13 heavy (non-hydrogen) atoms. The van der Waals surface area contributed by atoms with Crippen LogP contribution in [-0.4, -0.2) is 20.9 Å². The monoisotopic (exact) mass is 247 g/mol. The lowest BCUT2D eigenvalue weighted by Crippen LogP contribution is -2.18. The van der Waals surface area contributed by atoms with Gasteiger partial charge in [-0.25, -0.2) is 0 Å². The highest BCUT2D eigenvalue weighted by molar-refractivity contribution is 9.10. The molecule has 0 amide bonds. The Bertz CT molecular complexity index is 304. The highest BCUT2D eigenvalue weighted by Gasteiger charge is 2.17. The lowest BCUT2D eigenvalue weighted by Gasteiger charge is -2.09. The molecule has 72 valence electrons. The average Bonchev–Trinajstić information content (AvgIpc) is 2.29. The van der Waals surface area contributed by atoms with Crippen molar-refractivity contribution in [3.63, 3.8) is 0 Å². The van der Waals surface area contributed by atoms with Gasteiger partial charge in [0.15, 0.2) is 0 Å². The van der Waals surface area contributed by atoms with Crippen LogP contribution in [0.1, 0.15) is 18.2 Å². The van der Waals surface area contributed by atoms with E-state index in [0.29, 0.717) is 5.69 Å². The Kier molecular flexibility index (Phi) is 3.05. The molecule has 0 bridgehead atoms. The number of nitrogens with two attached hydrogens (primary N) is 1. The molecule has 1 aromatic heterocycles. The maximum atomic E-state index is 10.4. The van der Waals surface area contributed by atoms with Crippen molar-refractivity contribution in [1.29, 1.82) is 0 Å². The van der Waals surface area contributed by atoms with Crippen molar-refractivity contribution >= 4 is 21.9 Å². The second-order valence-corrected chi connectivity index (χ2v) is 3.56. The number of aliphatic carboxylic acids is 1. The maximum absolute atomic E-state index is 10.4. The highest BCUT2D eigenvalue weighted by Crippen LogP contribution is 2.22. The van der Waals surface area contributed by atoms with Crippen LogP contribution in [0.3, 0.4) is 0 Å². The standard InChI is InChI=1S/C7H10BrN3O2/c1-11-7(4(8)3-10-11)5(9)2-6(12)13/h3,5H,2,9H2,1H3,(H,12,13). The second-order valence-electron chi connectivity index (χ2n) is 2.71. The molecular formula is C7H10BrN3O2. The summed E-state index contributed by atoms with van der Waals surface area (Å²) in [6.45, 7) is 0. The number of nitrogens with zero attached hydrogens (tertiary/aromatic N) is 2. The number of aryl methyl sites for hydroxylation is 1. The summed E-state index contributed by atoms with van der Waals surface area (Å²) in [7, 11) is 1.72. The number of carbonyl (C=O) groups is 1. The Labute approximate surface area is 83.7 Å². The first-order valence-corrected chi connectivity index (χ1v) is 4.46. The van der Waals surface area contributed by atoms with Crippen molar-refractivity contribution in [3.8, 4) is 0 Å². The van der Waals surface area contributed by atoms with Gasteiger partial charge in [-0.2, -0.15) is 5.10 Å². The van der Waals surface area contributed by atoms with E-state index in [9.17, 15) is 4.79 Å². The number of rotatable bonds is 3. The zero-order valence-corrected chi connectivity index (χ0v) is 8.65. The van der Waals surface area contributed by atoms with Crippen molar-refractivity contribution in [2.45, 2.75) is 12.5 Å². The maximum Gasteiger partial charge on any atom is 0.305 e. The van der Waals surface area contributed by atoms with Gasteiger partial charge in [0, 0.05) is 7.05 Å². The van der Waals surface area contributed by atoms with Crippen LogP contribution in [-0.2, 0) is 11.8 Å². The SMILES string of the molecule is Cn1ncc(Br)c1C(N)CC(=O)O. The first-order chi connectivity index (χ1) is 6.02. The van der Waals surface area contributed by atoms with Crippen molar-refractivity contribution in [3.05, 3.63) is 16.4 Å². The number of hydrogen-bond acceptors (Lipinski definition) is 3. The molecule has 0 saturated heterocycles. The van der Waals surface area contributed by atoms with Crippen molar-refractivity contribution in [2.24, 2.45) is 12.8 Å². The van der Waals surface area contributed by atoms with Gasteiger partial charge in [0.25, 0.3) is 0 Å². The Morgan fingerprint density at radius 3 is 2.92 bits per heavy atom. The van der Waals surface area contributed by atoms with Crippen molar-refractivity contribution in [1.82, 2.24) is 9.78 Å². The van der Waals surface area contributed by atoms with E-state index in [-0.39, 0.29) is 6.42 Å². The molecular weight excluding hydrogens is 238 g/mol. The van der Waals surface area contributed by atoms with Crippen LogP contribution in [0.4, 0.5) is 0 Å². The fourth-order valence-corrected chi connectivity index (χ4v) is 1.76. The number of aromatic nitrogens is 2. The predicted octanol–water partition coefficient (Wildman–Crippen LogP) is 0.657. The molecule has 0 fully saturated rings. The Morgan fingerprint density at radius 2 is 2.54 bits per heavy atom. The van der Waals surface area contributed by atoms with E-state index in [1.54, 1.807) is 17.9 Å². The lowest BCUT2D eigenvalue weighted by atomic mass is 10.1. The van der Waals surface area contributed by atoms with E-state index in [1.165, 1.54) is 0 Å². The van der Waals surface area contributed by atoms with E-state index >= 15 is 0 Å². The molecule has 0 radical (unpaired) electrons. The summed E-state index contributed by atoms with van der Waals surface area (Å²) in [4.78, 5) is 10.4. The molecule has 1 aromatic rings. The summed E-state index contributed by atoms with van der Waals surface area (Å²) >= 11 is 3.25. The van der Waals surface area contributed by atoms with Gasteiger partial charge in [-0.1, -0.05) is 0 Å². The minimum atomic E-state index is -0.916. The van der Waals surface area contributed by atoms with Crippen LogP contribution >= 0.6 is 15.9 Å². The molecule has 1 heterocycles. The van der Waals surface area contributed by atoms with E-state index in [0.717, 1.165) is 4.47 Å². The van der Waals surface area contributed by atoms with Gasteiger partial charge in [-0.05, 0) is 15.9 Å². The van der Waals surface area contributed by atoms with Gasteiger partial charge < -0.3 is 10.8 Å². The first kappa shape index (κ1) is 10.2. The third-order valence-corrected chi connectivity index (χ3v) is 2.29. The molecule has 3 N–H and O–H groups in total. The van der Waals surface area contributed by atoms with Gasteiger partial charge in [-0.3, -0.25) is 9.48 Å². The molecule has 0 aliphatic rings. The fraction of sp³-hybridized carbons (Fsp3) is 0.429. The number of carboxylic acid groups (broad SMARTS) is 1. The highest BCUT2D eigenvalue weighted by atomic mass is 79.9. The quantitative estimate of drug-likeness (QED) is 0.823. The van der Waals surface area contributed by atoms with Crippen molar-refractivity contribution < 1.29 is 9.90 Å². The third kappa shape index (κ3) is 2.28. The van der Waals surface area contributed by atoms with Crippen LogP contribution < -0.4 is 5.73 Å². The molecule has 0 aliphatic carbocycles. The average molecular weight is 248 g/mol. The summed E-state index contributed by atoms with van der Waals surface area (Å²) in [6.07, 6.45) is 1.50. The van der Waals surface area contributed by atoms with Crippen LogP contribution in [0.15, 0.2) is 10.7 Å². The predicted molar refractivity (Wildman–Crippen MR) is 50.1 cm³/mol. The van der Waals surface area contributed by atoms with Gasteiger partial charge in [0.2, 0.25) is 0 Å². The molecule has 1 unspecified atom stereocenters. The number of hydrogen-bond donors (Lipinski definition) is 2. The number of halogens is 1. The zero-order chi connectivity index (χ0) is 10.0. The van der Waals surface area contributed by atoms with Gasteiger partial charge >= 0.3 is 5.97 Å². The zero-order valence-electron chi connectivity index (χ0n) is 7.07. The minimum absolute atomic E-state index is 0.0991. The van der Waals surface area contributed by atoms with Gasteiger partial charge in [-0.15, -0.1) is 0 Å². The molecule has 6 heteroatoms. The van der Waals surface area contributed by atoms with Crippen LogP contribution in [0.25, 0.3) is 0 Å². The molecule has 1 rings (SSSR count).